The molecule has 0 bridgehead atoms. The van der Waals surface area contributed by atoms with Crippen LogP contribution in [0.2, 0.25) is 5.15 Å². The van der Waals surface area contributed by atoms with E-state index in [-0.39, 0.29) is 0 Å². The lowest BCUT2D eigenvalue weighted by Gasteiger charge is -2.34. The Morgan fingerprint density at radius 3 is 1.96 bits per heavy atom. The number of aromatic nitrogens is 1. The highest BCUT2D eigenvalue weighted by atomic mass is 35.5. The average Bonchev–Trinajstić information content (AvgIpc) is 2.50. The van der Waals surface area contributed by atoms with Gasteiger partial charge in [-0.25, -0.2) is 13.8 Å². The van der Waals surface area contributed by atoms with Crippen molar-refractivity contribution in [1.82, 2.24) is 14.8 Å². The molecule has 122 valence electrons. The van der Waals surface area contributed by atoms with Crippen LogP contribution < -0.4 is 0 Å². The van der Waals surface area contributed by atoms with Crippen LogP contribution in [0, 0.1) is 11.6 Å². The van der Waals surface area contributed by atoms with Crippen LogP contribution in [0.1, 0.15) is 11.1 Å². The smallest absolute Gasteiger partial charge is 0.129 e. The fourth-order valence-electron chi connectivity index (χ4n) is 2.82. The standard InChI is InChI=1S/C17H18ClF2N3/c18-17-2-1-13(10-21-17)11-22-3-5-23(6-4-22)12-14-7-15(19)9-16(20)8-14/h1-2,7-10H,3-6,11-12H2. The van der Waals surface area contributed by atoms with Crippen molar-refractivity contribution in [2.45, 2.75) is 13.1 Å². The first-order valence-corrected chi connectivity index (χ1v) is 7.96. The van der Waals surface area contributed by atoms with Crippen molar-refractivity contribution < 1.29 is 8.78 Å². The fraction of sp³-hybridized carbons (Fsp3) is 0.353. The molecule has 2 heterocycles. The van der Waals surface area contributed by atoms with Crippen molar-refractivity contribution in [3.8, 4) is 0 Å². The fourth-order valence-corrected chi connectivity index (χ4v) is 2.94. The largest absolute Gasteiger partial charge is 0.297 e. The van der Waals surface area contributed by atoms with Crippen LogP contribution in [0.4, 0.5) is 8.78 Å². The summed E-state index contributed by atoms with van der Waals surface area (Å²) in [7, 11) is 0. The van der Waals surface area contributed by atoms with Crippen LogP contribution in [0.5, 0.6) is 0 Å². The minimum atomic E-state index is -0.520. The highest BCUT2D eigenvalue weighted by Gasteiger charge is 2.17. The van der Waals surface area contributed by atoms with E-state index in [0.29, 0.717) is 17.3 Å². The molecule has 1 fully saturated rings. The molecule has 0 saturated carbocycles. The molecule has 3 rings (SSSR count). The lowest BCUT2D eigenvalue weighted by Crippen LogP contribution is -2.45. The summed E-state index contributed by atoms with van der Waals surface area (Å²) >= 11 is 5.79. The van der Waals surface area contributed by atoms with Crippen molar-refractivity contribution in [2.24, 2.45) is 0 Å². The van der Waals surface area contributed by atoms with Gasteiger partial charge in [-0.2, -0.15) is 0 Å². The van der Waals surface area contributed by atoms with Gasteiger partial charge in [0.1, 0.15) is 16.8 Å². The Morgan fingerprint density at radius 2 is 1.43 bits per heavy atom. The summed E-state index contributed by atoms with van der Waals surface area (Å²) in [6, 6.07) is 7.48. The van der Waals surface area contributed by atoms with Gasteiger partial charge >= 0.3 is 0 Å². The third kappa shape index (κ3) is 4.70. The van der Waals surface area contributed by atoms with Crippen molar-refractivity contribution >= 4 is 11.6 Å². The Balaban J connectivity index is 1.51. The van der Waals surface area contributed by atoms with Crippen LogP contribution >= 0.6 is 11.6 Å². The van der Waals surface area contributed by atoms with Crippen LogP contribution in [0.25, 0.3) is 0 Å². The number of piperazine rings is 1. The Hall–Kier alpha value is -1.56. The van der Waals surface area contributed by atoms with E-state index < -0.39 is 11.6 Å². The molecule has 23 heavy (non-hydrogen) atoms. The number of benzene rings is 1. The average molecular weight is 338 g/mol. The zero-order chi connectivity index (χ0) is 16.2. The molecule has 1 aliphatic heterocycles. The van der Waals surface area contributed by atoms with Gasteiger partial charge in [-0.05, 0) is 29.3 Å². The summed E-state index contributed by atoms with van der Waals surface area (Å²) in [4.78, 5) is 8.64. The lowest BCUT2D eigenvalue weighted by molar-refractivity contribution is 0.122. The molecule has 0 N–H and O–H groups in total. The van der Waals surface area contributed by atoms with Gasteiger partial charge < -0.3 is 0 Å². The normalized spacial score (nSPS) is 16.7. The summed E-state index contributed by atoms with van der Waals surface area (Å²) in [5.74, 6) is -1.04. The first-order valence-electron chi connectivity index (χ1n) is 7.58. The van der Waals surface area contributed by atoms with Gasteiger partial charge in [-0.1, -0.05) is 17.7 Å². The van der Waals surface area contributed by atoms with Gasteiger partial charge in [-0.3, -0.25) is 9.80 Å². The first-order chi connectivity index (χ1) is 11.1. The Labute approximate surface area is 139 Å². The van der Waals surface area contributed by atoms with Crippen molar-refractivity contribution in [1.29, 1.82) is 0 Å². The summed E-state index contributed by atoms with van der Waals surface area (Å²) < 4.78 is 26.5. The SMILES string of the molecule is Fc1cc(F)cc(CN2CCN(Cc3ccc(Cl)nc3)CC2)c1. The van der Waals surface area contributed by atoms with Crippen molar-refractivity contribution in [3.05, 3.63) is 64.4 Å². The summed E-state index contributed by atoms with van der Waals surface area (Å²) in [6.45, 7) is 5.00. The molecular formula is C17H18ClF2N3. The van der Waals surface area contributed by atoms with Crippen LogP contribution in [-0.4, -0.2) is 41.0 Å². The van der Waals surface area contributed by atoms with E-state index in [1.165, 1.54) is 12.1 Å². The number of pyridine rings is 1. The second-order valence-electron chi connectivity index (χ2n) is 5.82. The second-order valence-corrected chi connectivity index (χ2v) is 6.21. The number of rotatable bonds is 4. The van der Waals surface area contributed by atoms with Crippen molar-refractivity contribution in [3.63, 3.8) is 0 Å². The predicted octanol–water partition coefficient (Wildman–Crippen LogP) is 3.33. The lowest BCUT2D eigenvalue weighted by atomic mass is 10.1. The predicted molar refractivity (Wildman–Crippen MR) is 86.2 cm³/mol. The number of nitrogens with zero attached hydrogens (tertiary/aromatic N) is 3. The van der Waals surface area contributed by atoms with Crippen molar-refractivity contribution in [2.75, 3.05) is 26.2 Å². The minimum absolute atomic E-state index is 0.501. The highest BCUT2D eigenvalue weighted by Crippen LogP contribution is 2.14. The molecule has 0 atom stereocenters. The first kappa shape index (κ1) is 16.3. The molecule has 2 aromatic rings. The zero-order valence-corrected chi connectivity index (χ0v) is 13.4. The second kappa shape index (κ2) is 7.34. The van der Waals surface area contributed by atoms with E-state index in [0.717, 1.165) is 44.4 Å². The molecule has 1 aromatic heterocycles. The quantitative estimate of drug-likeness (QED) is 0.798. The third-order valence-electron chi connectivity index (χ3n) is 3.99. The van der Waals surface area contributed by atoms with Gasteiger partial charge in [0.15, 0.2) is 0 Å². The Morgan fingerprint density at radius 1 is 0.870 bits per heavy atom. The summed E-state index contributed by atoms with van der Waals surface area (Å²) in [5, 5.41) is 0.501. The van der Waals surface area contributed by atoms with E-state index in [4.69, 9.17) is 11.6 Å². The molecule has 0 radical (unpaired) electrons. The van der Waals surface area contributed by atoms with Crippen LogP contribution in [-0.2, 0) is 13.1 Å². The van der Waals surface area contributed by atoms with E-state index >= 15 is 0 Å². The molecule has 0 unspecified atom stereocenters. The van der Waals surface area contributed by atoms with E-state index in [2.05, 4.69) is 14.8 Å². The molecule has 6 heteroatoms. The number of halogens is 3. The number of hydrogen-bond donors (Lipinski definition) is 0. The maximum atomic E-state index is 13.2. The van der Waals surface area contributed by atoms with Gasteiger partial charge in [0.2, 0.25) is 0 Å². The number of hydrogen-bond acceptors (Lipinski definition) is 3. The topological polar surface area (TPSA) is 19.4 Å². The molecule has 1 saturated heterocycles. The van der Waals surface area contributed by atoms with Crippen LogP contribution in [0.3, 0.4) is 0 Å². The van der Waals surface area contributed by atoms with Crippen LogP contribution in [0.15, 0.2) is 36.5 Å². The Bertz CT molecular complexity index is 635. The molecule has 0 spiro atoms. The summed E-state index contributed by atoms with van der Waals surface area (Å²) in [5.41, 5.74) is 1.81. The Kier molecular flexibility index (Phi) is 5.20. The summed E-state index contributed by atoms with van der Waals surface area (Å²) in [6.07, 6.45) is 1.80. The van der Waals surface area contributed by atoms with E-state index in [1.807, 2.05) is 6.07 Å². The monoisotopic (exact) mass is 337 g/mol. The van der Waals surface area contributed by atoms with Gasteiger partial charge in [0, 0.05) is 51.5 Å². The molecule has 1 aromatic carbocycles. The maximum absolute atomic E-state index is 13.2. The maximum Gasteiger partial charge on any atom is 0.129 e. The zero-order valence-electron chi connectivity index (χ0n) is 12.7. The van der Waals surface area contributed by atoms with E-state index in [9.17, 15) is 8.78 Å². The molecule has 0 amide bonds. The molecule has 1 aliphatic rings. The van der Waals surface area contributed by atoms with Gasteiger partial charge in [-0.15, -0.1) is 0 Å². The van der Waals surface area contributed by atoms with Gasteiger partial charge in [0.25, 0.3) is 0 Å². The minimum Gasteiger partial charge on any atom is -0.297 e. The molecular weight excluding hydrogens is 320 g/mol. The highest BCUT2D eigenvalue weighted by molar-refractivity contribution is 6.29. The third-order valence-corrected chi connectivity index (χ3v) is 4.21. The molecule has 0 aliphatic carbocycles. The van der Waals surface area contributed by atoms with Gasteiger partial charge in [0.05, 0.1) is 0 Å². The molecule has 3 nitrogen and oxygen atoms in total. The van der Waals surface area contributed by atoms with E-state index in [1.54, 1.807) is 12.3 Å².